The van der Waals surface area contributed by atoms with Gasteiger partial charge in [0.25, 0.3) is 0 Å². The second-order valence-electron chi connectivity index (χ2n) is 5.22. The summed E-state index contributed by atoms with van der Waals surface area (Å²) in [6.45, 7) is 0. The van der Waals surface area contributed by atoms with Gasteiger partial charge in [-0.15, -0.1) is 0 Å². The van der Waals surface area contributed by atoms with Crippen molar-refractivity contribution >= 4 is 70.1 Å². The predicted octanol–water partition coefficient (Wildman–Crippen LogP) is 5.56. The molecule has 0 aliphatic carbocycles. The molecule has 0 amide bonds. The van der Waals surface area contributed by atoms with Crippen LogP contribution in [0, 0.1) is 0 Å². The maximum Gasteiger partial charge on any atom is 0.151 e. The molecule has 1 aromatic carbocycles. The summed E-state index contributed by atoms with van der Waals surface area (Å²) >= 11 is 8.52. The molecule has 118 valence electrons. The van der Waals surface area contributed by atoms with Crippen LogP contribution in [-0.2, 0) is 0 Å². The van der Waals surface area contributed by atoms with E-state index in [2.05, 4.69) is 31.2 Å². The molecule has 4 aromatic rings. The van der Waals surface area contributed by atoms with Gasteiger partial charge in [0.15, 0.2) is 11.9 Å². The summed E-state index contributed by atoms with van der Waals surface area (Å²) in [6.07, 6.45) is 6.12. The molecule has 0 radical (unpaired) electrons. The van der Waals surface area contributed by atoms with Gasteiger partial charge in [-0.3, -0.25) is 13.8 Å². The Morgan fingerprint density at radius 3 is 2.83 bits per heavy atom. The van der Waals surface area contributed by atoms with Crippen LogP contribution in [0.15, 0.2) is 48.9 Å². The smallest absolute Gasteiger partial charge is 0.151 e. The number of halogens is 2. The van der Waals surface area contributed by atoms with Crippen molar-refractivity contribution in [2.75, 3.05) is 0 Å². The highest BCUT2D eigenvalue weighted by Crippen LogP contribution is 2.36. The second kappa shape index (κ2) is 6.34. The maximum absolute atomic E-state index is 11.1. The highest BCUT2D eigenvalue weighted by atomic mass is 127. The summed E-state index contributed by atoms with van der Waals surface area (Å²) < 4.78 is 1.98. The number of hydrogen-bond acceptors (Lipinski definition) is 4. The molecular formula is C17H9ClIN3OS. The first-order chi connectivity index (χ1) is 11.7. The van der Waals surface area contributed by atoms with Crippen molar-refractivity contribution in [3.05, 3.63) is 59.5 Å². The number of carbonyl (C=O) groups is 1. The van der Waals surface area contributed by atoms with Crippen LogP contribution in [0.5, 0.6) is 0 Å². The SMILES string of the molecule is O=Cc1cnc2c(c1)c(-c1ccc3nccc(Cl)c3c1)cn2SI. The quantitative estimate of drug-likeness (QED) is 0.293. The third-order valence-corrected chi connectivity index (χ3v) is 5.87. The number of rotatable bonds is 3. The zero-order valence-electron chi connectivity index (χ0n) is 12.1. The molecule has 3 heterocycles. The van der Waals surface area contributed by atoms with E-state index in [4.69, 9.17) is 11.6 Å². The van der Waals surface area contributed by atoms with Crippen LogP contribution in [0.4, 0.5) is 0 Å². The number of aldehydes is 1. The molecule has 24 heavy (non-hydrogen) atoms. The fourth-order valence-electron chi connectivity index (χ4n) is 2.72. The van der Waals surface area contributed by atoms with E-state index in [0.29, 0.717) is 10.6 Å². The fourth-order valence-corrected chi connectivity index (χ4v) is 4.19. The first-order valence-corrected chi connectivity index (χ1v) is 10.7. The highest BCUT2D eigenvalue weighted by molar-refractivity contribution is 14.2. The number of nitrogens with zero attached hydrogens (tertiary/aromatic N) is 3. The van der Waals surface area contributed by atoms with E-state index in [0.717, 1.165) is 39.3 Å². The molecule has 0 saturated heterocycles. The molecule has 0 spiro atoms. The Hall–Kier alpha value is -1.64. The lowest BCUT2D eigenvalue weighted by atomic mass is 10.0. The molecule has 7 heteroatoms. The van der Waals surface area contributed by atoms with Gasteiger partial charge < -0.3 is 0 Å². The Bertz CT molecular complexity index is 1100. The molecule has 3 aromatic heterocycles. The van der Waals surface area contributed by atoms with Crippen molar-refractivity contribution in [1.82, 2.24) is 13.9 Å². The summed E-state index contributed by atoms with van der Waals surface area (Å²) in [5.74, 6) is 0. The monoisotopic (exact) mass is 465 g/mol. The standard InChI is InChI=1S/C17H9ClIN3OS/c18-15-3-4-20-16-2-1-11(6-13(15)16)14-8-22(24-19)17-12(14)5-10(9-23)7-21-17/h1-9H. The van der Waals surface area contributed by atoms with E-state index in [9.17, 15) is 4.79 Å². The van der Waals surface area contributed by atoms with Crippen LogP contribution in [0.3, 0.4) is 0 Å². The van der Waals surface area contributed by atoms with Gasteiger partial charge in [-0.1, -0.05) is 17.7 Å². The van der Waals surface area contributed by atoms with Crippen molar-refractivity contribution in [2.45, 2.75) is 0 Å². The van der Waals surface area contributed by atoms with Gasteiger partial charge >= 0.3 is 0 Å². The fraction of sp³-hybridized carbons (Fsp3) is 0. The Labute approximate surface area is 159 Å². The van der Waals surface area contributed by atoms with Gasteiger partial charge in [-0.2, -0.15) is 0 Å². The van der Waals surface area contributed by atoms with Crippen LogP contribution in [0.2, 0.25) is 5.02 Å². The maximum atomic E-state index is 11.1. The van der Waals surface area contributed by atoms with E-state index >= 15 is 0 Å². The van der Waals surface area contributed by atoms with Gasteiger partial charge in [0.05, 0.1) is 10.5 Å². The number of benzene rings is 1. The van der Waals surface area contributed by atoms with Crippen molar-refractivity contribution in [2.24, 2.45) is 0 Å². The summed E-state index contributed by atoms with van der Waals surface area (Å²) in [7, 11) is 1.53. The van der Waals surface area contributed by atoms with Crippen molar-refractivity contribution in [3.8, 4) is 11.1 Å². The number of fused-ring (bicyclic) bond motifs is 2. The Balaban J connectivity index is 2.02. The van der Waals surface area contributed by atoms with Gasteiger partial charge in [-0.05, 0) is 29.8 Å². The minimum Gasteiger partial charge on any atom is -0.298 e. The van der Waals surface area contributed by atoms with E-state index in [1.54, 1.807) is 18.5 Å². The molecule has 0 aliphatic rings. The minimum atomic E-state index is 0.556. The average Bonchev–Trinajstić information content (AvgIpc) is 2.99. The molecule has 0 fully saturated rings. The summed E-state index contributed by atoms with van der Waals surface area (Å²) in [6, 6.07) is 9.63. The average molecular weight is 466 g/mol. The Morgan fingerprint density at radius 2 is 2.04 bits per heavy atom. The molecule has 4 rings (SSSR count). The summed E-state index contributed by atoms with van der Waals surface area (Å²) in [5, 5.41) is 2.50. The molecule has 4 nitrogen and oxygen atoms in total. The molecule has 0 atom stereocenters. The topological polar surface area (TPSA) is 47.8 Å². The Kier molecular flexibility index (Phi) is 4.19. The molecule has 0 bridgehead atoms. The van der Waals surface area contributed by atoms with Crippen LogP contribution in [0.1, 0.15) is 10.4 Å². The minimum absolute atomic E-state index is 0.556. The third-order valence-electron chi connectivity index (χ3n) is 3.84. The summed E-state index contributed by atoms with van der Waals surface area (Å²) in [4.78, 5) is 19.9. The molecule has 0 saturated carbocycles. The van der Waals surface area contributed by atoms with Crippen LogP contribution in [0.25, 0.3) is 33.1 Å². The van der Waals surface area contributed by atoms with Gasteiger partial charge in [0.1, 0.15) is 0 Å². The lowest BCUT2D eigenvalue weighted by Crippen LogP contribution is -1.86. The zero-order valence-corrected chi connectivity index (χ0v) is 15.8. The highest BCUT2D eigenvalue weighted by Gasteiger charge is 2.13. The van der Waals surface area contributed by atoms with E-state index in [1.807, 2.05) is 34.4 Å². The lowest BCUT2D eigenvalue weighted by Gasteiger charge is -2.04. The number of carbonyl (C=O) groups excluding carboxylic acids is 1. The van der Waals surface area contributed by atoms with Crippen molar-refractivity contribution in [1.29, 1.82) is 0 Å². The summed E-state index contributed by atoms with van der Waals surface area (Å²) in [5.41, 5.74) is 4.25. The van der Waals surface area contributed by atoms with Crippen LogP contribution in [-0.4, -0.2) is 20.2 Å². The third kappa shape index (κ3) is 2.58. The van der Waals surface area contributed by atoms with Crippen molar-refractivity contribution in [3.63, 3.8) is 0 Å². The predicted molar refractivity (Wildman–Crippen MR) is 108 cm³/mol. The van der Waals surface area contributed by atoms with E-state index in [-0.39, 0.29) is 0 Å². The Morgan fingerprint density at radius 1 is 1.17 bits per heavy atom. The van der Waals surface area contributed by atoms with Crippen LogP contribution >= 0.6 is 41.9 Å². The van der Waals surface area contributed by atoms with E-state index < -0.39 is 0 Å². The van der Waals surface area contributed by atoms with Crippen molar-refractivity contribution < 1.29 is 4.79 Å². The van der Waals surface area contributed by atoms with Gasteiger partial charge in [-0.25, -0.2) is 4.98 Å². The lowest BCUT2D eigenvalue weighted by molar-refractivity contribution is 0.112. The molecule has 0 unspecified atom stereocenters. The first-order valence-electron chi connectivity index (χ1n) is 7.01. The number of aromatic nitrogens is 3. The second-order valence-corrected chi connectivity index (χ2v) is 7.34. The largest absolute Gasteiger partial charge is 0.298 e. The first kappa shape index (κ1) is 15.9. The van der Waals surface area contributed by atoms with Gasteiger partial charge in [0.2, 0.25) is 0 Å². The molecule has 0 aliphatic heterocycles. The molecular weight excluding hydrogens is 457 g/mol. The van der Waals surface area contributed by atoms with Crippen LogP contribution < -0.4 is 0 Å². The van der Waals surface area contributed by atoms with E-state index in [1.165, 1.54) is 9.12 Å². The molecule has 0 N–H and O–H groups in total. The normalized spacial score (nSPS) is 11.2. The zero-order chi connectivity index (χ0) is 16.7. The van der Waals surface area contributed by atoms with Gasteiger partial charge in [0, 0.05) is 70.8 Å². The number of pyridine rings is 2. The number of hydrogen-bond donors (Lipinski definition) is 0.